The van der Waals surface area contributed by atoms with Crippen LogP contribution in [-0.2, 0) is 14.0 Å². The Morgan fingerprint density at radius 2 is 2.10 bits per heavy atom. The smallest absolute Gasteiger partial charge is 0.236 e. The fourth-order valence-electron chi connectivity index (χ4n) is 1.87. The van der Waals surface area contributed by atoms with Gasteiger partial charge in [0, 0.05) is 18.6 Å². The molecule has 0 spiro atoms. The van der Waals surface area contributed by atoms with Gasteiger partial charge in [0.15, 0.2) is 0 Å². The molecule has 2 N–H and O–H groups in total. The van der Waals surface area contributed by atoms with Gasteiger partial charge in [0.05, 0.1) is 17.8 Å². The number of hydrogen-bond acceptors (Lipinski definition) is 3. The van der Waals surface area contributed by atoms with E-state index in [2.05, 4.69) is 10.2 Å². The second kappa shape index (κ2) is 7.53. The molecular formula is C13H26BN2O3P. The summed E-state index contributed by atoms with van der Waals surface area (Å²) in [5.74, 6) is 0.657. The third-order valence-electron chi connectivity index (χ3n) is 3.00. The van der Waals surface area contributed by atoms with Crippen molar-refractivity contribution >= 4 is 15.3 Å². The zero-order chi connectivity index (χ0) is 15.3. The lowest BCUT2D eigenvalue weighted by molar-refractivity contribution is 0.0601. The first-order valence-electron chi connectivity index (χ1n) is 7.17. The largest absolute Gasteiger partial charge is 0.500 e. The summed E-state index contributed by atoms with van der Waals surface area (Å²) in [6.07, 6.45) is 0.633. The second-order valence-electron chi connectivity index (χ2n) is 5.50. The lowest BCUT2D eigenvalue weighted by Gasteiger charge is -2.25. The molecule has 7 heteroatoms. The third kappa shape index (κ3) is 4.83. The average molecular weight is 300 g/mol. The molecule has 0 aromatic rings. The van der Waals surface area contributed by atoms with Crippen LogP contribution in [0.2, 0.25) is 0 Å². The minimum Gasteiger partial charge on any atom is -0.500 e. The quantitative estimate of drug-likeness (QED) is 0.532. The van der Waals surface area contributed by atoms with Crippen LogP contribution in [0.25, 0.3) is 0 Å². The van der Waals surface area contributed by atoms with Gasteiger partial charge in [-0.3, -0.25) is 9.65 Å². The molecule has 1 unspecified atom stereocenters. The van der Waals surface area contributed by atoms with Gasteiger partial charge in [0.25, 0.3) is 0 Å². The lowest BCUT2D eigenvalue weighted by atomic mass is 9.97. The molecule has 0 saturated heterocycles. The van der Waals surface area contributed by atoms with E-state index in [4.69, 9.17) is 17.3 Å². The normalized spacial score (nSPS) is 22.2. The number of ether oxygens (including phenoxy) is 2. The Balaban J connectivity index is 2.83. The Morgan fingerprint density at radius 1 is 1.45 bits per heavy atom. The highest BCUT2D eigenvalue weighted by Crippen LogP contribution is 2.44. The van der Waals surface area contributed by atoms with E-state index in [1.165, 1.54) is 0 Å². The minimum absolute atomic E-state index is 0.0148. The first-order valence-corrected chi connectivity index (χ1v) is 8.95. The molecule has 0 amide bonds. The van der Waals surface area contributed by atoms with Crippen LogP contribution in [-0.4, -0.2) is 38.8 Å². The van der Waals surface area contributed by atoms with Gasteiger partial charge in [0.1, 0.15) is 20.2 Å². The van der Waals surface area contributed by atoms with E-state index in [0.29, 0.717) is 25.3 Å². The summed E-state index contributed by atoms with van der Waals surface area (Å²) < 4.78 is 24.0. The van der Waals surface area contributed by atoms with Crippen LogP contribution in [0.1, 0.15) is 41.0 Å². The molecule has 1 aliphatic rings. The van der Waals surface area contributed by atoms with E-state index in [0.717, 1.165) is 5.70 Å². The van der Waals surface area contributed by atoms with Crippen LogP contribution >= 0.6 is 7.44 Å². The summed E-state index contributed by atoms with van der Waals surface area (Å²) >= 11 is 0. The summed E-state index contributed by atoms with van der Waals surface area (Å²) in [6, 6.07) is -0.398. The molecular weight excluding hydrogens is 274 g/mol. The molecule has 0 bridgehead atoms. The van der Waals surface area contributed by atoms with E-state index < -0.39 is 13.4 Å². The van der Waals surface area contributed by atoms with Gasteiger partial charge in [-0.25, -0.2) is 0 Å². The zero-order valence-electron chi connectivity index (χ0n) is 13.1. The van der Waals surface area contributed by atoms with Crippen molar-refractivity contribution in [3.8, 4) is 0 Å². The summed E-state index contributed by atoms with van der Waals surface area (Å²) in [5.41, 5.74) is 0.773. The van der Waals surface area contributed by atoms with Gasteiger partial charge in [-0.2, -0.15) is 0 Å². The molecule has 0 aliphatic carbocycles. The topological polar surface area (TPSA) is 59.6 Å². The molecule has 2 radical (unpaired) electrons. The van der Waals surface area contributed by atoms with Gasteiger partial charge in [-0.1, -0.05) is 20.8 Å². The summed E-state index contributed by atoms with van der Waals surface area (Å²) in [7, 11) is 3.12. The maximum absolute atomic E-state index is 12.9. The summed E-state index contributed by atoms with van der Waals surface area (Å²) in [6.45, 7) is 10.7. The lowest BCUT2D eigenvalue weighted by Crippen LogP contribution is -2.28. The maximum Gasteiger partial charge on any atom is 0.236 e. The molecule has 1 aliphatic heterocycles. The molecule has 114 valence electrons. The van der Waals surface area contributed by atoms with Crippen LogP contribution < -0.4 is 10.2 Å². The Morgan fingerprint density at radius 3 is 2.60 bits per heavy atom. The molecule has 20 heavy (non-hydrogen) atoms. The fourth-order valence-corrected chi connectivity index (χ4v) is 3.66. The van der Waals surface area contributed by atoms with Crippen LogP contribution in [0.3, 0.4) is 0 Å². The highest BCUT2D eigenvalue weighted by molar-refractivity contribution is 7.60. The van der Waals surface area contributed by atoms with Crippen molar-refractivity contribution < 1.29 is 14.0 Å². The van der Waals surface area contributed by atoms with Crippen LogP contribution in [0.5, 0.6) is 0 Å². The van der Waals surface area contributed by atoms with Gasteiger partial charge >= 0.3 is 0 Å². The van der Waals surface area contributed by atoms with Crippen LogP contribution in [0, 0.1) is 0 Å². The highest BCUT2D eigenvalue weighted by atomic mass is 31.2. The van der Waals surface area contributed by atoms with Crippen LogP contribution in [0.15, 0.2) is 11.5 Å². The van der Waals surface area contributed by atoms with Crippen molar-refractivity contribution in [2.45, 2.75) is 58.8 Å². The second-order valence-corrected chi connectivity index (χ2v) is 8.39. The Labute approximate surface area is 123 Å². The van der Waals surface area contributed by atoms with Gasteiger partial charge in [0.2, 0.25) is 7.44 Å². The Hall–Kier alpha value is -0.445. The highest BCUT2D eigenvalue weighted by Gasteiger charge is 2.31. The van der Waals surface area contributed by atoms with E-state index >= 15 is 0 Å². The Bertz CT molecular complexity index is 399. The van der Waals surface area contributed by atoms with Crippen molar-refractivity contribution in [1.82, 2.24) is 10.2 Å². The van der Waals surface area contributed by atoms with Gasteiger partial charge < -0.3 is 14.6 Å². The molecule has 1 heterocycles. The van der Waals surface area contributed by atoms with Crippen molar-refractivity contribution in [2.24, 2.45) is 0 Å². The molecule has 2 atom stereocenters. The van der Waals surface area contributed by atoms with Crippen molar-refractivity contribution in [1.29, 1.82) is 0 Å². The molecule has 1 rings (SSSR count). The first kappa shape index (κ1) is 17.6. The number of nitrogens with one attached hydrogen (secondary N) is 2. The summed E-state index contributed by atoms with van der Waals surface area (Å²) in [4.78, 5) is 0. The average Bonchev–Trinajstić information content (AvgIpc) is 2.66. The monoisotopic (exact) mass is 300 g/mol. The summed E-state index contributed by atoms with van der Waals surface area (Å²) in [5, 5.41) is 6.19. The van der Waals surface area contributed by atoms with Crippen molar-refractivity contribution in [3.63, 3.8) is 0 Å². The van der Waals surface area contributed by atoms with E-state index in [9.17, 15) is 4.57 Å². The number of rotatable bonds is 8. The Kier molecular flexibility index (Phi) is 6.63. The molecule has 5 nitrogen and oxygen atoms in total. The molecule has 0 fully saturated rings. The molecule has 0 saturated carbocycles. The first-order chi connectivity index (χ1) is 9.28. The van der Waals surface area contributed by atoms with Crippen LogP contribution in [0.4, 0.5) is 0 Å². The van der Waals surface area contributed by atoms with Gasteiger partial charge in [-0.05, 0) is 13.8 Å². The molecule has 0 aromatic heterocycles. The minimum atomic E-state index is -2.70. The van der Waals surface area contributed by atoms with Crippen molar-refractivity contribution in [2.75, 3.05) is 13.2 Å². The SMILES string of the molecule is [B][C@H]1CC(NP(=O)(NCC)C(C)C)=C(COC(C)C)O1. The standard InChI is InChI=1S/C13H26BN2O3P/c1-6-15-20(17,10(4)5)16-11-7-13(14)19-12(11)8-18-9(2)3/h9-10,13H,6-8H2,1-5H3,(H2,15,16,17)/t13-,20?/m1/s1. The van der Waals surface area contributed by atoms with E-state index in [-0.39, 0.29) is 11.8 Å². The van der Waals surface area contributed by atoms with E-state index in [1.54, 1.807) is 0 Å². The predicted molar refractivity (Wildman–Crippen MR) is 82.9 cm³/mol. The number of hydrogen-bond donors (Lipinski definition) is 2. The molecule has 0 aromatic carbocycles. The third-order valence-corrected chi connectivity index (χ3v) is 5.85. The van der Waals surface area contributed by atoms with E-state index in [1.807, 2.05) is 34.6 Å². The predicted octanol–water partition coefficient (Wildman–Crippen LogP) is 2.34. The maximum atomic E-state index is 12.9. The fraction of sp³-hybridized carbons (Fsp3) is 0.846. The van der Waals surface area contributed by atoms with Crippen molar-refractivity contribution in [3.05, 3.63) is 11.5 Å². The van der Waals surface area contributed by atoms with Gasteiger partial charge in [-0.15, -0.1) is 0 Å². The zero-order valence-corrected chi connectivity index (χ0v) is 14.0.